The fraction of sp³-hybridized carbons (Fsp3) is 0.667. The predicted octanol–water partition coefficient (Wildman–Crippen LogP) is 5.09. The second kappa shape index (κ2) is 7.69. The molecule has 0 heterocycles. The molecule has 1 aromatic rings. The van der Waals surface area contributed by atoms with Gasteiger partial charge in [-0.2, -0.15) is 0 Å². The van der Waals surface area contributed by atoms with Crippen molar-refractivity contribution in [2.45, 2.75) is 70.9 Å². The SMILES string of the molecule is CCC(NC(CC)C1CCCCC1)c1ccccc1. The van der Waals surface area contributed by atoms with Crippen molar-refractivity contribution >= 4 is 0 Å². The first-order valence-electron chi connectivity index (χ1n) is 8.16. The maximum atomic E-state index is 3.94. The highest BCUT2D eigenvalue weighted by atomic mass is 15.0. The lowest BCUT2D eigenvalue weighted by Gasteiger charge is -2.33. The molecule has 0 bridgehead atoms. The first-order valence-corrected chi connectivity index (χ1v) is 8.16. The minimum atomic E-state index is 0.521. The fourth-order valence-corrected chi connectivity index (χ4v) is 3.52. The van der Waals surface area contributed by atoms with Crippen LogP contribution in [0.25, 0.3) is 0 Å². The van der Waals surface area contributed by atoms with E-state index in [1.54, 1.807) is 0 Å². The van der Waals surface area contributed by atoms with Crippen LogP contribution in [0.3, 0.4) is 0 Å². The van der Waals surface area contributed by atoms with Crippen LogP contribution in [0.2, 0.25) is 0 Å². The van der Waals surface area contributed by atoms with Crippen LogP contribution in [-0.2, 0) is 0 Å². The molecule has 1 N–H and O–H groups in total. The van der Waals surface area contributed by atoms with E-state index in [1.807, 2.05) is 0 Å². The van der Waals surface area contributed by atoms with Gasteiger partial charge in [0.15, 0.2) is 0 Å². The van der Waals surface area contributed by atoms with Gasteiger partial charge in [-0.25, -0.2) is 0 Å². The normalized spacial score (nSPS) is 20.1. The van der Waals surface area contributed by atoms with Crippen molar-refractivity contribution in [1.29, 1.82) is 0 Å². The highest BCUT2D eigenvalue weighted by Crippen LogP contribution is 2.29. The molecule has 0 radical (unpaired) electrons. The van der Waals surface area contributed by atoms with Crippen LogP contribution < -0.4 is 5.32 Å². The fourth-order valence-electron chi connectivity index (χ4n) is 3.52. The molecule has 1 aliphatic carbocycles. The van der Waals surface area contributed by atoms with E-state index >= 15 is 0 Å². The quantitative estimate of drug-likeness (QED) is 0.750. The summed E-state index contributed by atoms with van der Waals surface area (Å²) in [6.07, 6.45) is 9.60. The Kier molecular flexibility index (Phi) is 5.91. The van der Waals surface area contributed by atoms with Crippen molar-refractivity contribution in [2.75, 3.05) is 0 Å². The summed E-state index contributed by atoms with van der Waals surface area (Å²) >= 11 is 0. The Morgan fingerprint density at radius 1 is 1.00 bits per heavy atom. The van der Waals surface area contributed by atoms with Gasteiger partial charge in [-0.3, -0.25) is 0 Å². The Balaban J connectivity index is 1.99. The van der Waals surface area contributed by atoms with Crippen LogP contribution in [0, 0.1) is 5.92 Å². The molecule has 2 rings (SSSR count). The first-order chi connectivity index (χ1) is 9.35. The van der Waals surface area contributed by atoms with E-state index < -0.39 is 0 Å². The minimum Gasteiger partial charge on any atom is -0.307 e. The Hall–Kier alpha value is -0.820. The van der Waals surface area contributed by atoms with Gasteiger partial charge in [0.25, 0.3) is 0 Å². The maximum absolute atomic E-state index is 3.94. The van der Waals surface area contributed by atoms with Gasteiger partial charge in [-0.15, -0.1) is 0 Å². The van der Waals surface area contributed by atoms with Crippen LogP contribution in [-0.4, -0.2) is 6.04 Å². The summed E-state index contributed by atoms with van der Waals surface area (Å²) in [5.74, 6) is 0.900. The average Bonchev–Trinajstić information content (AvgIpc) is 2.50. The maximum Gasteiger partial charge on any atom is 0.0320 e. The summed E-state index contributed by atoms with van der Waals surface area (Å²) in [4.78, 5) is 0. The third-order valence-electron chi connectivity index (χ3n) is 4.68. The third-order valence-corrected chi connectivity index (χ3v) is 4.68. The van der Waals surface area contributed by atoms with Gasteiger partial charge in [0, 0.05) is 12.1 Å². The van der Waals surface area contributed by atoms with Gasteiger partial charge >= 0.3 is 0 Å². The molecule has 1 heteroatoms. The largest absolute Gasteiger partial charge is 0.307 e. The summed E-state index contributed by atoms with van der Waals surface area (Å²) in [7, 11) is 0. The molecule has 1 saturated carbocycles. The van der Waals surface area contributed by atoms with Gasteiger partial charge in [0.2, 0.25) is 0 Å². The van der Waals surface area contributed by atoms with Crippen LogP contribution in [0.1, 0.15) is 70.4 Å². The van der Waals surface area contributed by atoms with Gasteiger partial charge in [-0.1, -0.05) is 63.4 Å². The van der Waals surface area contributed by atoms with Crippen LogP contribution >= 0.6 is 0 Å². The number of nitrogens with one attached hydrogen (secondary N) is 1. The molecule has 2 atom stereocenters. The zero-order chi connectivity index (χ0) is 13.5. The number of hydrogen-bond donors (Lipinski definition) is 1. The van der Waals surface area contributed by atoms with E-state index in [-0.39, 0.29) is 0 Å². The molecule has 19 heavy (non-hydrogen) atoms. The van der Waals surface area contributed by atoms with E-state index in [9.17, 15) is 0 Å². The summed E-state index contributed by atoms with van der Waals surface area (Å²) < 4.78 is 0. The lowest BCUT2D eigenvalue weighted by Crippen LogP contribution is -2.39. The summed E-state index contributed by atoms with van der Waals surface area (Å²) in [6.45, 7) is 4.63. The minimum absolute atomic E-state index is 0.521. The molecule has 0 saturated heterocycles. The van der Waals surface area contributed by atoms with Crippen LogP contribution in [0.4, 0.5) is 0 Å². The lowest BCUT2D eigenvalue weighted by atomic mass is 9.82. The zero-order valence-electron chi connectivity index (χ0n) is 12.6. The smallest absolute Gasteiger partial charge is 0.0320 e. The van der Waals surface area contributed by atoms with E-state index in [4.69, 9.17) is 0 Å². The topological polar surface area (TPSA) is 12.0 Å². The van der Waals surface area contributed by atoms with Crippen LogP contribution in [0.15, 0.2) is 30.3 Å². The van der Waals surface area contributed by atoms with E-state index in [0.717, 1.165) is 5.92 Å². The highest BCUT2D eigenvalue weighted by Gasteiger charge is 2.24. The average molecular weight is 259 g/mol. The molecular formula is C18H29N. The Morgan fingerprint density at radius 3 is 2.26 bits per heavy atom. The van der Waals surface area contributed by atoms with Crippen molar-refractivity contribution in [2.24, 2.45) is 5.92 Å². The molecule has 2 unspecified atom stereocenters. The van der Waals surface area contributed by atoms with Crippen molar-refractivity contribution in [3.05, 3.63) is 35.9 Å². The molecule has 1 nitrogen and oxygen atoms in total. The summed E-state index contributed by atoms with van der Waals surface area (Å²) in [6, 6.07) is 12.2. The summed E-state index contributed by atoms with van der Waals surface area (Å²) in [5.41, 5.74) is 1.44. The Labute approximate surface area is 118 Å². The Morgan fingerprint density at radius 2 is 1.68 bits per heavy atom. The number of rotatable bonds is 6. The van der Waals surface area contributed by atoms with Gasteiger partial charge in [0.05, 0.1) is 0 Å². The second-order valence-corrected chi connectivity index (χ2v) is 5.95. The van der Waals surface area contributed by atoms with E-state index in [1.165, 1.54) is 50.5 Å². The molecule has 1 fully saturated rings. The molecule has 1 aromatic carbocycles. The van der Waals surface area contributed by atoms with Gasteiger partial charge < -0.3 is 5.32 Å². The highest BCUT2D eigenvalue weighted by molar-refractivity contribution is 5.18. The molecule has 0 amide bonds. The monoisotopic (exact) mass is 259 g/mol. The Bertz CT molecular complexity index is 340. The molecular weight excluding hydrogens is 230 g/mol. The van der Waals surface area contributed by atoms with Crippen molar-refractivity contribution in [3.63, 3.8) is 0 Å². The number of hydrogen-bond acceptors (Lipinski definition) is 1. The van der Waals surface area contributed by atoms with Crippen molar-refractivity contribution < 1.29 is 0 Å². The molecule has 0 aliphatic heterocycles. The number of benzene rings is 1. The zero-order valence-corrected chi connectivity index (χ0v) is 12.6. The van der Waals surface area contributed by atoms with Crippen molar-refractivity contribution in [3.8, 4) is 0 Å². The van der Waals surface area contributed by atoms with Gasteiger partial charge in [-0.05, 0) is 37.2 Å². The standard InChI is InChI=1S/C18H29N/c1-3-17(15-11-7-5-8-12-15)19-18(4-2)16-13-9-6-10-14-16/h5,7-8,11-12,16-19H,3-4,6,9-10,13-14H2,1-2H3. The van der Waals surface area contributed by atoms with Crippen LogP contribution in [0.5, 0.6) is 0 Å². The predicted molar refractivity (Wildman–Crippen MR) is 83.3 cm³/mol. The molecule has 1 aliphatic rings. The molecule has 0 aromatic heterocycles. The molecule has 0 spiro atoms. The third kappa shape index (κ3) is 4.07. The second-order valence-electron chi connectivity index (χ2n) is 5.95. The summed E-state index contributed by atoms with van der Waals surface area (Å²) in [5, 5.41) is 3.94. The van der Waals surface area contributed by atoms with E-state index in [2.05, 4.69) is 49.5 Å². The molecule has 106 valence electrons. The first kappa shape index (κ1) is 14.6. The lowest BCUT2D eigenvalue weighted by molar-refractivity contribution is 0.244. The van der Waals surface area contributed by atoms with Crippen molar-refractivity contribution in [1.82, 2.24) is 5.32 Å². The van der Waals surface area contributed by atoms with Gasteiger partial charge in [0.1, 0.15) is 0 Å². The van der Waals surface area contributed by atoms with E-state index in [0.29, 0.717) is 12.1 Å².